The molecule has 0 bridgehead atoms. The first-order chi connectivity index (χ1) is 15.4. The van der Waals surface area contributed by atoms with E-state index >= 15 is 0 Å². The van der Waals surface area contributed by atoms with Gasteiger partial charge in [-0.25, -0.2) is 0 Å². The van der Waals surface area contributed by atoms with E-state index in [0.717, 1.165) is 42.9 Å². The zero-order valence-corrected chi connectivity index (χ0v) is 18.3. The van der Waals surface area contributed by atoms with E-state index in [1.807, 2.05) is 30.3 Å². The van der Waals surface area contributed by atoms with Crippen LogP contribution in [0.2, 0.25) is 0 Å². The normalized spacial score (nSPS) is 14.7. The van der Waals surface area contributed by atoms with Gasteiger partial charge in [-0.15, -0.1) is 0 Å². The molecule has 1 amide bonds. The number of anilines is 2. The highest BCUT2D eigenvalue weighted by Gasteiger charge is 2.23. The van der Waals surface area contributed by atoms with Crippen molar-refractivity contribution in [1.29, 1.82) is 0 Å². The fourth-order valence-corrected chi connectivity index (χ4v) is 4.12. The first kappa shape index (κ1) is 21.7. The van der Waals surface area contributed by atoms with Gasteiger partial charge >= 0.3 is 0 Å². The lowest BCUT2D eigenvalue weighted by molar-refractivity contribution is -0.383. The van der Waals surface area contributed by atoms with Crippen LogP contribution in [0.25, 0.3) is 10.8 Å². The molecule has 1 aliphatic heterocycles. The smallest absolute Gasteiger partial charge is 0.278 e. The van der Waals surface area contributed by atoms with Crippen molar-refractivity contribution in [3.8, 4) is 0 Å². The summed E-state index contributed by atoms with van der Waals surface area (Å²) in [5.41, 5.74) is 3.05. The topological polar surface area (TPSA) is 91.6 Å². The monoisotopic (exact) mass is 433 g/mol. The Labute approximate surface area is 187 Å². The number of nitro groups is 1. The molecule has 0 spiro atoms. The minimum Gasteiger partial charge on any atom is -0.368 e. The van der Waals surface area contributed by atoms with E-state index in [1.165, 1.54) is 5.56 Å². The average Bonchev–Trinajstić information content (AvgIpc) is 2.79. The standard InChI is InChI=1S/C24H27N5O3/c1-17(2)18-4-3-5-19(14-18)26-24(30)16-27-10-12-28(13-11-27)22-6-7-23(29(31)32)21-15-25-9-8-20(21)22/h3-9,14-15,17H,10-13,16H2,1-2H3,(H,26,30). The number of aromatic nitrogens is 1. The summed E-state index contributed by atoms with van der Waals surface area (Å²) in [6.07, 6.45) is 3.20. The van der Waals surface area contributed by atoms with E-state index in [9.17, 15) is 14.9 Å². The van der Waals surface area contributed by atoms with Gasteiger partial charge in [0.2, 0.25) is 5.91 Å². The quantitative estimate of drug-likeness (QED) is 0.466. The van der Waals surface area contributed by atoms with Crippen molar-refractivity contribution in [2.45, 2.75) is 19.8 Å². The minimum atomic E-state index is -0.374. The van der Waals surface area contributed by atoms with Crippen molar-refractivity contribution in [2.75, 3.05) is 42.9 Å². The van der Waals surface area contributed by atoms with Gasteiger partial charge in [-0.2, -0.15) is 0 Å². The van der Waals surface area contributed by atoms with Gasteiger partial charge in [0.25, 0.3) is 5.69 Å². The number of carbonyl (C=O) groups is 1. The number of rotatable bonds is 6. The third-order valence-corrected chi connectivity index (χ3v) is 5.89. The van der Waals surface area contributed by atoms with Gasteiger partial charge in [0.1, 0.15) is 0 Å². The summed E-state index contributed by atoms with van der Waals surface area (Å²) in [5.74, 6) is 0.387. The molecule has 1 N–H and O–H groups in total. The van der Waals surface area contributed by atoms with Gasteiger partial charge in [-0.05, 0) is 35.7 Å². The zero-order valence-electron chi connectivity index (χ0n) is 18.3. The Balaban J connectivity index is 1.39. The summed E-state index contributed by atoms with van der Waals surface area (Å²) in [4.78, 5) is 31.9. The van der Waals surface area contributed by atoms with E-state index in [4.69, 9.17) is 0 Å². The van der Waals surface area contributed by atoms with E-state index in [2.05, 4.69) is 40.0 Å². The summed E-state index contributed by atoms with van der Waals surface area (Å²) < 4.78 is 0. The molecular weight excluding hydrogens is 406 g/mol. The molecule has 8 heteroatoms. The maximum Gasteiger partial charge on any atom is 0.278 e. The number of fused-ring (bicyclic) bond motifs is 1. The highest BCUT2D eigenvalue weighted by molar-refractivity contribution is 5.99. The lowest BCUT2D eigenvalue weighted by atomic mass is 10.0. The third-order valence-electron chi connectivity index (χ3n) is 5.89. The van der Waals surface area contributed by atoms with Crippen LogP contribution in [0.4, 0.5) is 17.1 Å². The first-order valence-electron chi connectivity index (χ1n) is 10.8. The molecule has 8 nitrogen and oxygen atoms in total. The number of hydrogen-bond acceptors (Lipinski definition) is 6. The van der Waals surface area contributed by atoms with Gasteiger partial charge in [0.05, 0.1) is 16.9 Å². The maximum atomic E-state index is 12.6. The molecule has 1 aliphatic rings. The largest absolute Gasteiger partial charge is 0.368 e. The highest BCUT2D eigenvalue weighted by atomic mass is 16.6. The molecule has 0 saturated carbocycles. The SMILES string of the molecule is CC(C)c1cccc(NC(=O)CN2CCN(c3ccc([N+](=O)[O-])c4cnccc34)CC2)c1. The number of piperazine rings is 1. The number of nitrogens with one attached hydrogen (secondary N) is 1. The number of pyridine rings is 1. The van der Waals surface area contributed by atoms with Crippen molar-refractivity contribution in [3.05, 3.63) is 70.5 Å². The Kier molecular flexibility index (Phi) is 6.32. The van der Waals surface area contributed by atoms with Crippen LogP contribution in [0.5, 0.6) is 0 Å². The second kappa shape index (κ2) is 9.32. The Morgan fingerprint density at radius 3 is 2.62 bits per heavy atom. The van der Waals surface area contributed by atoms with Crippen molar-refractivity contribution >= 4 is 33.7 Å². The highest BCUT2D eigenvalue weighted by Crippen LogP contribution is 2.33. The lowest BCUT2D eigenvalue weighted by Crippen LogP contribution is -2.48. The number of hydrogen-bond donors (Lipinski definition) is 1. The molecule has 0 unspecified atom stereocenters. The number of nitro benzene ring substituents is 1. The van der Waals surface area contributed by atoms with E-state index in [-0.39, 0.29) is 16.5 Å². The Hall–Kier alpha value is -3.52. The van der Waals surface area contributed by atoms with E-state index in [1.54, 1.807) is 18.5 Å². The molecule has 1 aromatic heterocycles. The molecule has 2 aromatic carbocycles. The molecule has 0 atom stereocenters. The average molecular weight is 434 g/mol. The second-order valence-corrected chi connectivity index (χ2v) is 8.37. The van der Waals surface area contributed by atoms with Gasteiger partial charge in [-0.3, -0.25) is 24.8 Å². The predicted molar refractivity (Wildman–Crippen MR) is 126 cm³/mol. The fraction of sp³-hybridized carbons (Fsp3) is 0.333. The first-order valence-corrected chi connectivity index (χ1v) is 10.8. The van der Waals surface area contributed by atoms with Gasteiger partial charge in [-0.1, -0.05) is 26.0 Å². The van der Waals surface area contributed by atoms with Crippen molar-refractivity contribution < 1.29 is 9.72 Å². The molecule has 2 heterocycles. The molecule has 32 heavy (non-hydrogen) atoms. The van der Waals surface area contributed by atoms with Gasteiger partial charge in [0, 0.05) is 61.4 Å². The number of non-ortho nitro benzene ring substituents is 1. The van der Waals surface area contributed by atoms with Gasteiger partial charge in [0.15, 0.2) is 0 Å². The van der Waals surface area contributed by atoms with Crippen LogP contribution in [-0.4, -0.2) is 53.4 Å². The Bertz CT molecular complexity index is 1140. The molecule has 0 aliphatic carbocycles. The van der Waals surface area contributed by atoms with Crippen molar-refractivity contribution in [3.63, 3.8) is 0 Å². The van der Waals surface area contributed by atoms with Crippen molar-refractivity contribution in [2.24, 2.45) is 0 Å². The fourth-order valence-electron chi connectivity index (χ4n) is 4.12. The molecule has 3 aromatic rings. The van der Waals surface area contributed by atoms with Crippen LogP contribution >= 0.6 is 0 Å². The Morgan fingerprint density at radius 2 is 1.91 bits per heavy atom. The van der Waals surface area contributed by atoms with E-state index < -0.39 is 0 Å². The zero-order chi connectivity index (χ0) is 22.7. The second-order valence-electron chi connectivity index (χ2n) is 8.37. The molecule has 1 fully saturated rings. The molecule has 0 radical (unpaired) electrons. The van der Waals surface area contributed by atoms with Crippen molar-refractivity contribution in [1.82, 2.24) is 9.88 Å². The maximum absolute atomic E-state index is 12.6. The van der Waals surface area contributed by atoms with Gasteiger partial charge < -0.3 is 10.2 Å². The van der Waals surface area contributed by atoms with Crippen LogP contribution in [0.3, 0.4) is 0 Å². The summed E-state index contributed by atoms with van der Waals surface area (Å²) in [6, 6.07) is 13.1. The number of benzene rings is 2. The van der Waals surface area contributed by atoms with Crippen LogP contribution in [0.15, 0.2) is 54.9 Å². The Morgan fingerprint density at radius 1 is 1.12 bits per heavy atom. The number of nitrogens with zero attached hydrogens (tertiary/aromatic N) is 4. The molecule has 4 rings (SSSR count). The van der Waals surface area contributed by atoms with Crippen LogP contribution < -0.4 is 10.2 Å². The summed E-state index contributed by atoms with van der Waals surface area (Å²) in [5, 5.41) is 15.7. The minimum absolute atomic E-state index is 0.0220. The third kappa shape index (κ3) is 4.70. The lowest BCUT2D eigenvalue weighted by Gasteiger charge is -2.36. The van der Waals surface area contributed by atoms with Crippen LogP contribution in [-0.2, 0) is 4.79 Å². The van der Waals surface area contributed by atoms with E-state index in [0.29, 0.717) is 17.8 Å². The predicted octanol–water partition coefficient (Wildman–Crippen LogP) is 4.03. The summed E-state index contributed by atoms with van der Waals surface area (Å²) in [6.45, 7) is 7.56. The number of carbonyl (C=O) groups excluding carboxylic acids is 1. The summed E-state index contributed by atoms with van der Waals surface area (Å²) >= 11 is 0. The number of amides is 1. The van der Waals surface area contributed by atoms with Crippen LogP contribution in [0.1, 0.15) is 25.3 Å². The van der Waals surface area contributed by atoms with Crippen LogP contribution in [0, 0.1) is 10.1 Å². The molecular formula is C24H27N5O3. The summed E-state index contributed by atoms with van der Waals surface area (Å²) in [7, 11) is 0. The molecule has 166 valence electrons. The molecule has 1 saturated heterocycles.